The van der Waals surface area contributed by atoms with Crippen LogP contribution >= 0.6 is 15.9 Å². The van der Waals surface area contributed by atoms with Crippen molar-refractivity contribution in [3.63, 3.8) is 0 Å². The van der Waals surface area contributed by atoms with E-state index in [1.807, 2.05) is 26.0 Å². The van der Waals surface area contributed by atoms with Gasteiger partial charge in [0.25, 0.3) is 0 Å². The number of unbranched alkanes of at least 4 members (excludes halogenated alkanes) is 1. The first-order valence-corrected chi connectivity index (χ1v) is 8.28. The Hall–Kier alpha value is -1.23. The van der Waals surface area contributed by atoms with Crippen LogP contribution in [-0.4, -0.2) is 16.7 Å². The average molecular weight is 355 g/mol. The fourth-order valence-corrected chi connectivity index (χ4v) is 2.31. The van der Waals surface area contributed by atoms with Crippen LogP contribution in [0.2, 0.25) is 0 Å². The molecule has 1 N–H and O–H groups in total. The van der Waals surface area contributed by atoms with Crippen molar-refractivity contribution in [1.82, 2.24) is 10.3 Å². The number of halogens is 1. The Balaban J connectivity index is 2.55. The number of nitrogens with one attached hydrogen (secondary N) is 1. The van der Waals surface area contributed by atoms with Crippen molar-refractivity contribution < 1.29 is 9.59 Å². The molecule has 0 bridgehead atoms. The molecule has 0 saturated heterocycles. The van der Waals surface area contributed by atoms with Crippen molar-refractivity contribution in [2.24, 2.45) is 5.92 Å². The van der Waals surface area contributed by atoms with E-state index >= 15 is 0 Å². The fourth-order valence-electron chi connectivity index (χ4n) is 2.08. The second-order valence-electron chi connectivity index (χ2n) is 5.12. The second-order valence-corrected chi connectivity index (χ2v) is 5.93. The number of rotatable bonds is 9. The molecule has 0 fully saturated rings. The number of ketones is 1. The summed E-state index contributed by atoms with van der Waals surface area (Å²) in [5.41, 5.74) is 0.919. The van der Waals surface area contributed by atoms with E-state index in [-0.39, 0.29) is 11.7 Å². The molecular formula is C16H23BrN2O2. The Labute approximate surface area is 134 Å². The van der Waals surface area contributed by atoms with Gasteiger partial charge in [0.2, 0.25) is 5.91 Å². The molecule has 21 heavy (non-hydrogen) atoms. The Morgan fingerprint density at radius 3 is 2.62 bits per heavy atom. The Bertz CT molecular complexity index is 460. The van der Waals surface area contributed by atoms with Crippen molar-refractivity contribution in [3.8, 4) is 0 Å². The number of nitrogens with zero attached hydrogens (tertiary/aromatic N) is 1. The van der Waals surface area contributed by atoms with Crippen LogP contribution in [0.1, 0.15) is 51.5 Å². The lowest BCUT2D eigenvalue weighted by Crippen LogP contribution is -2.35. The quantitative estimate of drug-likeness (QED) is 0.544. The van der Waals surface area contributed by atoms with Gasteiger partial charge in [-0.25, -0.2) is 4.98 Å². The van der Waals surface area contributed by atoms with Crippen molar-refractivity contribution >= 4 is 27.6 Å². The van der Waals surface area contributed by atoms with Crippen LogP contribution in [0.3, 0.4) is 0 Å². The van der Waals surface area contributed by atoms with Gasteiger partial charge in [0.05, 0.1) is 5.92 Å². The second kappa shape index (κ2) is 9.66. The lowest BCUT2D eigenvalue weighted by Gasteiger charge is -2.15. The molecule has 0 spiro atoms. The molecule has 1 aromatic heterocycles. The first-order valence-electron chi connectivity index (χ1n) is 7.49. The summed E-state index contributed by atoms with van der Waals surface area (Å²) in [4.78, 5) is 28.4. The molecular weight excluding hydrogens is 332 g/mol. The number of carbonyl (C=O) groups is 2. The normalized spacial score (nSPS) is 12.0. The molecule has 0 aliphatic carbocycles. The predicted molar refractivity (Wildman–Crippen MR) is 86.7 cm³/mol. The van der Waals surface area contributed by atoms with Crippen molar-refractivity contribution in [2.75, 3.05) is 0 Å². The van der Waals surface area contributed by atoms with E-state index in [0.29, 0.717) is 19.4 Å². The lowest BCUT2D eigenvalue weighted by molar-refractivity contribution is -0.134. The van der Waals surface area contributed by atoms with Crippen LogP contribution in [0, 0.1) is 5.92 Å². The van der Waals surface area contributed by atoms with Crippen LogP contribution in [0.15, 0.2) is 22.9 Å². The van der Waals surface area contributed by atoms with Gasteiger partial charge in [-0.2, -0.15) is 0 Å². The third-order valence-corrected chi connectivity index (χ3v) is 3.78. The van der Waals surface area contributed by atoms with Gasteiger partial charge in [-0.1, -0.05) is 32.8 Å². The summed E-state index contributed by atoms with van der Waals surface area (Å²) < 4.78 is 0.760. The number of Topliss-reactive ketones (excluding diaryl/α,β-unsaturated/α-hetero) is 1. The zero-order valence-corrected chi connectivity index (χ0v) is 14.3. The first kappa shape index (κ1) is 17.8. The molecule has 1 heterocycles. The summed E-state index contributed by atoms with van der Waals surface area (Å²) in [6, 6.07) is 3.72. The van der Waals surface area contributed by atoms with Crippen LogP contribution in [0.4, 0.5) is 0 Å². The summed E-state index contributed by atoms with van der Waals surface area (Å²) in [5, 5.41) is 2.85. The minimum Gasteiger partial charge on any atom is -0.351 e. The Morgan fingerprint density at radius 2 is 2.05 bits per heavy atom. The van der Waals surface area contributed by atoms with Gasteiger partial charge in [0, 0.05) is 19.2 Å². The maximum atomic E-state index is 12.2. The van der Waals surface area contributed by atoms with Crippen LogP contribution < -0.4 is 5.32 Å². The number of pyridine rings is 1. The summed E-state index contributed by atoms with van der Waals surface area (Å²) in [6.07, 6.45) is 5.47. The molecule has 116 valence electrons. The van der Waals surface area contributed by atoms with Gasteiger partial charge >= 0.3 is 0 Å². The molecule has 0 radical (unpaired) electrons. The number of amides is 1. The zero-order chi connectivity index (χ0) is 15.7. The standard InChI is InChI=1S/C16H23BrN2O2/c1-3-5-7-14(20)13(6-4-2)16(21)19-11-12-8-9-15(17)18-10-12/h8-10,13H,3-7,11H2,1-2H3,(H,19,21). The smallest absolute Gasteiger partial charge is 0.230 e. The summed E-state index contributed by atoms with van der Waals surface area (Å²) in [7, 11) is 0. The van der Waals surface area contributed by atoms with Gasteiger partial charge in [-0.15, -0.1) is 0 Å². The molecule has 0 aromatic carbocycles. The number of hydrogen-bond acceptors (Lipinski definition) is 3. The molecule has 1 amide bonds. The van der Waals surface area contributed by atoms with Gasteiger partial charge in [-0.05, 0) is 40.4 Å². The molecule has 0 aliphatic rings. The Kier molecular flexibility index (Phi) is 8.20. The first-order chi connectivity index (χ1) is 10.1. The fraction of sp³-hybridized carbons (Fsp3) is 0.562. The van der Waals surface area contributed by atoms with Gasteiger partial charge in [0.15, 0.2) is 0 Å². The third-order valence-electron chi connectivity index (χ3n) is 3.31. The maximum Gasteiger partial charge on any atom is 0.230 e. The molecule has 5 heteroatoms. The predicted octanol–water partition coefficient (Wildman–Crippen LogP) is 3.64. The summed E-state index contributed by atoms with van der Waals surface area (Å²) >= 11 is 3.27. The van der Waals surface area contributed by atoms with E-state index in [0.717, 1.165) is 29.4 Å². The minimum atomic E-state index is -0.509. The number of aromatic nitrogens is 1. The van der Waals surface area contributed by atoms with E-state index in [2.05, 4.69) is 26.2 Å². The minimum absolute atomic E-state index is 0.0603. The largest absolute Gasteiger partial charge is 0.351 e. The van der Waals surface area contributed by atoms with E-state index in [1.54, 1.807) is 6.20 Å². The zero-order valence-electron chi connectivity index (χ0n) is 12.7. The highest BCUT2D eigenvalue weighted by molar-refractivity contribution is 9.10. The number of hydrogen-bond donors (Lipinski definition) is 1. The van der Waals surface area contributed by atoms with Gasteiger partial charge in [-0.3, -0.25) is 9.59 Å². The average Bonchev–Trinajstić information content (AvgIpc) is 2.49. The molecule has 1 atom stereocenters. The maximum absolute atomic E-state index is 12.2. The molecule has 1 unspecified atom stereocenters. The van der Waals surface area contributed by atoms with E-state index in [1.165, 1.54) is 0 Å². The SMILES string of the molecule is CCCCC(=O)C(CCC)C(=O)NCc1ccc(Br)nc1. The highest BCUT2D eigenvalue weighted by atomic mass is 79.9. The van der Waals surface area contributed by atoms with Gasteiger partial charge < -0.3 is 5.32 Å². The van der Waals surface area contributed by atoms with Crippen molar-refractivity contribution in [1.29, 1.82) is 0 Å². The highest BCUT2D eigenvalue weighted by Crippen LogP contribution is 2.13. The highest BCUT2D eigenvalue weighted by Gasteiger charge is 2.24. The van der Waals surface area contributed by atoms with Crippen LogP contribution in [0.25, 0.3) is 0 Å². The monoisotopic (exact) mass is 354 g/mol. The topological polar surface area (TPSA) is 59.1 Å². The molecule has 4 nitrogen and oxygen atoms in total. The summed E-state index contributed by atoms with van der Waals surface area (Å²) in [5.74, 6) is -0.615. The van der Waals surface area contributed by atoms with Crippen molar-refractivity contribution in [2.45, 2.75) is 52.5 Å². The van der Waals surface area contributed by atoms with Crippen LogP contribution in [-0.2, 0) is 16.1 Å². The molecule has 1 rings (SSSR count). The molecule has 0 saturated carbocycles. The lowest BCUT2D eigenvalue weighted by atomic mass is 9.94. The van der Waals surface area contributed by atoms with E-state index in [9.17, 15) is 9.59 Å². The van der Waals surface area contributed by atoms with E-state index in [4.69, 9.17) is 0 Å². The molecule has 1 aromatic rings. The third kappa shape index (κ3) is 6.38. The number of carbonyl (C=O) groups excluding carboxylic acids is 2. The Morgan fingerprint density at radius 1 is 1.29 bits per heavy atom. The molecule has 0 aliphatic heterocycles. The van der Waals surface area contributed by atoms with Crippen LogP contribution in [0.5, 0.6) is 0 Å². The van der Waals surface area contributed by atoms with Crippen molar-refractivity contribution in [3.05, 3.63) is 28.5 Å². The van der Waals surface area contributed by atoms with E-state index < -0.39 is 5.92 Å². The summed E-state index contributed by atoms with van der Waals surface area (Å²) in [6.45, 7) is 4.44. The van der Waals surface area contributed by atoms with Gasteiger partial charge in [0.1, 0.15) is 10.4 Å².